The number of ether oxygens (including phenoxy) is 1. The highest BCUT2D eigenvalue weighted by Gasteiger charge is 2.25. The molecule has 0 amide bonds. The van der Waals surface area contributed by atoms with Crippen molar-refractivity contribution in [1.29, 1.82) is 5.53 Å². The van der Waals surface area contributed by atoms with Gasteiger partial charge in [0, 0.05) is 50.3 Å². The molecule has 108 valence electrons. The third kappa shape index (κ3) is 4.47. The highest BCUT2D eigenvalue weighted by atomic mass is 32.1. The lowest BCUT2D eigenvalue weighted by Crippen LogP contribution is -2.47. The van der Waals surface area contributed by atoms with Crippen molar-refractivity contribution in [2.24, 2.45) is 5.11 Å². The van der Waals surface area contributed by atoms with Gasteiger partial charge in [-0.25, -0.2) is 5.53 Å². The molecular formula is C13H24N4OS. The summed E-state index contributed by atoms with van der Waals surface area (Å²) in [7, 11) is 0. The summed E-state index contributed by atoms with van der Waals surface area (Å²) in [6, 6.07) is 1.23. The summed E-state index contributed by atoms with van der Waals surface area (Å²) in [6.45, 7) is 4.15. The first-order valence-electron chi connectivity index (χ1n) is 7.08. The molecule has 0 saturated carbocycles. The lowest BCUT2D eigenvalue weighted by atomic mass is 10.00. The van der Waals surface area contributed by atoms with Crippen molar-refractivity contribution in [3.05, 3.63) is 11.9 Å². The van der Waals surface area contributed by atoms with E-state index in [0.29, 0.717) is 17.5 Å². The zero-order chi connectivity index (χ0) is 13.5. The van der Waals surface area contributed by atoms with Crippen LogP contribution in [-0.2, 0) is 4.74 Å². The van der Waals surface area contributed by atoms with Crippen LogP contribution in [0, 0.1) is 5.53 Å². The summed E-state index contributed by atoms with van der Waals surface area (Å²) in [5, 5.41) is 6.80. The monoisotopic (exact) mass is 284 g/mol. The van der Waals surface area contributed by atoms with Gasteiger partial charge in [-0.1, -0.05) is 0 Å². The van der Waals surface area contributed by atoms with Crippen LogP contribution < -0.4 is 5.32 Å². The second-order valence-electron chi connectivity index (χ2n) is 5.23. The maximum absolute atomic E-state index is 6.99. The minimum Gasteiger partial charge on any atom is -0.387 e. The van der Waals surface area contributed by atoms with Crippen molar-refractivity contribution >= 4 is 12.6 Å². The molecule has 2 fully saturated rings. The molecule has 2 saturated heterocycles. The Morgan fingerprint density at radius 3 is 2.58 bits per heavy atom. The van der Waals surface area contributed by atoms with Crippen molar-refractivity contribution in [2.75, 3.05) is 32.1 Å². The van der Waals surface area contributed by atoms with E-state index in [9.17, 15) is 0 Å². The van der Waals surface area contributed by atoms with Gasteiger partial charge in [0.1, 0.15) is 0 Å². The number of piperidine rings is 1. The Balaban J connectivity index is 1.72. The molecule has 2 rings (SSSR count). The standard InChI is InChI=1S/C13H24N4OS/c14-16-12(10-19)9-15-11-1-5-17(6-2-11)13-3-7-18-8-4-13/h9,11,13-15,19H,1-8,10H2/b12-9-,16-14?. The summed E-state index contributed by atoms with van der Waals surface area (Å²) in [4.78, 5) is 2.61. The number of likely N-dealkylation sites (tertiary alicyclic amines) is 1. The van der Waals surface area contributed by atoms with E-state index in [1.807, 2.05) is 6.20 Å². The zero-order valence-electron chi connectivity index (χ0n) is 11.3. The molecule has 0 aromatic rings. The predicted octanol–water partition coefficient (Wildman–Crippen LogP) is 2.02. The van der Waals surface area contributed by atoms with Crippen LogP contribution in [-0.4, -0.2) is 49.0 Å². The lowest BCUT2D eigenvalue weighted by Gasteiger charge is -2.39. The molecule has 0 atom stereocenters. The molecule has 5 nitrogen and oxygen atoms in total. The van der Waals surface area contributed by atoms with Gasteiger partial charge in [-0.2, -0.15) is 17.7 Å². The normalized spacial score (nSPS) is 24.4. The average molecular weight is 284 g/mol. The number of nitrogens with zero attached hydrogens (tertiary/aromatic N) is 2. The lowest BCUT2D eigenvalue weighted by molar-refractivity contribution is 0.0244. The second-order valence-corrected chi connectivity index (χ2v) is 5.54. The number of rotatable bonds is 5. The zero-order valence-corrected chi connectivity index (χ0v) is 12.2. The van der Waals surface area contributed by atoms with Crippen LogP contribution in [0.15, 0.2) is 17.0 Å². The molecule has 0 radical (unpaired) electrons. The Morgan fingerprint density at radius 1 is 1.32 bits per heavy atom. The second kappa shape index (κ2) is 7.87. The van der Waals surface area contributed by atoms with E-state index in [1.165, 1.54) is 12.8 Å². The molecule has 6 heteroatoms. The highest BCUT2D eigenvalue weighted by molar-refractivity contribution is 7.80. The molecule has 0 aromatic carbocycles. The third-order valence-corrected chi connectivity index (χ3v) is 4.35. The van der Waals surface area contributed by atoms with E-state index < -0.39 is 0 Å². The number of hydrogen-bond donors (Lipinski definition) is 3. The fourth-order valence-electron chi connectivity index (χ4n) is 2.81. The van der Waals surface area contributed by atoms with E-state index in [4.69, 9.17) is 10.3 Å². The van der Waals surface area contributed by atoms with Crippen molar-refractivity contribution < 1.29 is 4.74 Å². The molecule has 2 aliphatic rings. The van der Waals surface area contributed by atoms with Gasteiger partial charge in [-0.15, -0.1) is 0 Å². The molecule has 2 heterocycles. The van der Waals surface area contributed by atoms with Crippen LogP contribution >= 0.6 is 12.6 Å². The number of thiol groups is 1. The molecule has 0 aromatic heterocycles. The van der Waals surface area contributed by atoms with Crippen molar-refractivity contribution in [2.45, 2.75) is 37.8 Å². The molecule has 0 bridgehead atoms. The number of nitrogens with one attached hydrogen (secondary N) is 2. The van der Waals surface area contributed by atoms with Gasteiger partial charge in [-0.05, 0) is 25.7 Å². The quantitative estimate of drug-likeness (QED) is 0.535. The van der Waals surface area contributed by atoms with Crippen LogP contribution in [0.1, 0.15) is 25.7 Å². The molecule has 2 N–H and O–H groups in total. The number of hydrogen-bond acceptors (Lipinski definition) is 6. The minimum absolute atomic E-state index is 0.507. The maximum atomic E-state index is 6.99. The highest BCUT2D eigenvalue weighted by Crippen LogP contribution is 2.20. The summed E-state index contributed by atoms with van der Waals surface area (Å²) >= 11 is 4.13. The first-order chi connectivity index (χ1) is 9.33. The Bertz CT molecular complexity index is 310. The SMILES string of the molecule is N=N/C(=C\NC1CCN(C2CCOCC2)CC1)CS. The van der Waals surface area contributed by atoms with Crippen molar-refractivity contribution in [3.8, 4) is 0 Å². The fourth-order valence-corrected chi connectivity index (χ4v) is 2.97. The van der Waals surface area contributed by atoms with Crippen LogP contribution in [0.2, 0.25) is 0 Å². The first kappa shape index (κ1) is 14.8. The molecule has 2 aliphatic heterocycles. The Hall–Kier alpha value is -0.590. The summed E-state index contributed by atoms with van der Waals surface area (Å²) in [5.41, 5.74) is 7.68. The summed E-state index contributed by atoms with van der Waals surface area (Å²) < 4.78 is 5.42. The molecule has 0 unspecified atom stereocenters. The Kier molecular flexibility index (Phi) is 6.13. The van der Waals surface area contributed by atoms with Crippen LogP contribution in [0.25, 0.3) is 0 Å². The Labute approximate surface area is 120 Å². The summed E-state index contributed by atoms with van der Waals surface area (Å²) in [6.07, 6.45) is 6.52. The van der Waals surface area contributed by atoms with E-state index in [-0.39, 0.29) is 0 Å². The summed E-state index contributed by atoms with van der Waals surface area (Å²) in [5.74, 6) is 0.511. The maximum Gasteiger partial charge on any atom is 0.0875 e. The molecule has 19 heavy (non-hydrogen) atoms. The van der Waals surface area contributed by atoms with Crippen LogP contribution in [0.5, 0.6) is 0 Å². The van der Waals surface area contributed by atoms with E-state index in [1.54, 1.807) is 0 Å². The van der Waals surface area contributed by atoms with Gasteiger partial charge in [0.05, 0.1) is 5.70 Å². The topological polar surface area (TPSA) is 60.7 Å². The van der Waals surface area contributed by atoms with Crippen LogP contribution in [0.3, 0.4) is 0 Å². The van der Waals surface area contributed by atoms with Crippen molar-refractivity contribution in [3.63, 3.8) is 0 Å². The van der Waals surface area contributed by atoms with Gasteiger partial charge in [0.25, 0.3) is 0 Å². The van der Waals surface area contributed by atoms with Gasteiger partial charge in [0.2, 0.25) is 0 Å². The van der Waals surface area contributed by atoms with Gasteiger partial charge >= 0.3 is 0 Å². The van der Waals surface area contributed by atoms with Gasteiger partial charge in [-0.3, -0.25) is 0 Å². The third-order valence-electron chi connectivity index (χ3n) is 4.03. The largest absolute Gasteiger partial charge is 0.387 e. The predicted molar refractivity (Wildman–Crippen MR) is 78.7 cm³/mol. The van der Waals surface area contributed by atoms with Gasteiger partial charge in [0.15, 0.2) is 0 Å². The van der Waals surface area contributed by atoms with Crippen molar-refractivity contribution in [1.82, 2.24) is 10.2 Å². The van der Waals surface area contributed by atoms with E-state index in [0.717, 1.165) is 45.2 Å². The first-order valence-corrected chi connectivity index (χ1v) is 7.72. The molecule has 0 spiro atoms. The smallest absolute Gasteiger partial charge is 0.0875 e. The van der Waals surface area contributed by atoms with E-state index >= 15 is 0 Å². The van der Waals surface area contributed by atoms with Gasteiger partial charge < -0.3 is 15.0 Å². The average Bonchev–Trinajstić information content (AvgIpc) is 2.50. The minimum atomic E-state index is 0.507. The van der Waals surface area contributed by atoms with E-state index in [2.05, 4.69) is 28.0 Å². The molecular weight excluding hydrogens is 260 g/mol. The molecule has 0 aliphatic carbocycles. The Morgan fingerprint density at radius 2 is 2.00 bits per heavy atom. The fraction of sp³-hybridized carbons (Fsp3) is 0.846. The van der Waals surface area contributed by atoms with Crippen LogP contribution in [0.4, 0.5) is 0 Å².